The van der Waals surface area contributed by atoms with Gasteiger partial charge in [0, 0.05) is 13.1 Å². The number of hydrogen-bond acceptors (Lipinski definition) is 2. The summed E-state index contributed by atoms with van der Waals surface area (Å²) in [6.07, 6.45) is 1.60. The summed E-state index contributed by atoms with van der Waals surface area (Å²) in [5, 5.41) is 2.85. The van der Waals surface area contributed by atoms with E-state index in [0.29, 0.717) is 19.6 Å². The Kier molecular flexibility index (Phi) is 4.61. The molecule has 0 aliphatic rings. The summed E-state index contributed by atoms with van der Waals surface area (Å²) < 4.78 is 5.18. The molecule has 0 unspecified atom stereocenters. The van der Waals surface area contributed by atoms with Crippen molar-refractivity contribution in [3.8, 4) is 0 Å². The second kappa shape index (κ2) is 6.64. The standard InChI is InChI=1S/C15H18N2O2/c1-2-17(12-13-7-4-3-5-8-13)15(18)16-11-14-9-6-10-19-14/h3-10H,2,11-12H2,1H3,(H,16,18). The van der Waals surface area contributed by atoms with Gasteiger partial charge >= 0.3 is 6.03 Å². The van der Waals surface area contributed by atoms with Crippen LogP contribution in [0.25, 0.3) is 0 Å². The fraction of sp³-hybridized carbons (Fsp3) is 0.267. The number of amides is 2. The maximum absolute atomic E-state index is 12.0. The first-order valence-electron chi connectivity index (χ1n) is 6.38. The molecule has 2 aromatic rings. The number of rotatable bonds is 5. The molecule has 100 valence electrons. The van der Waals surface area contributed by atoms with E-state index in [1.54, 1.807) is 11.2 Å². The SMILES string of the molecule is CCN(Cc1ccccc1)C(=O)NCc1ccco1. The van der Waals surface area contributed by atoms with Crippen LogP contribution >= 0.6 is 0 Å². The van der Waals surface area contributed by atoms with Gasteiger partial charge in [-0.3, -0.25) is 0 Å². The highest BCUT2D eigenvalue weighted by Gasteiger charge is 2.11. The fourth-order valence-corrected chi connectivity index (χ4v) is 1.82. The van der Waals surface area contributed by atoms with E-state index in [-0.39, 0.29) is 6.03 Å². The molecule has 0 aliphatic carbocycles. The zero-order valence-electron chi connectivity index (χ0n) is 11.0. The molecular weight excluding hydrogens is 240 g/mol. The predicted octanol–water partition coefficient (Wildman–Crippen LogP) is 3.01. The summed E-state index contributed by atoms with van der Waals surface area (Å²) in [6, 6.07) is 13.5. The Morgan fingerprint density at radius 3 is 2.63 bits per heavy atom. The molecule has 4 heteroatoms. The minimum Gasteiger partial charge on any atom is -0.467 e. The lowest BCUT2D eigenvalue weighted by atomic mass is 10.2. The Labute approximate surface area is 113 Å². The molecule has 1 N–H and O–H groups in total. The first-order valence-corrected chi connectivity index (χ1v) is 6.38. The van der Waals surface area contributed by atoms with Gasteiger partial charge in [-0.25, -0.2) is 4.79 Å². The number of furan rings is 1. The van der Waals surface area contributed by atoms with Gasteiger partial charge in [0.1, 0.15) is 5.76 Å². The molecule has 2 amide bonds. The van der Waals surface area contributed by atoms with Gasteiger partial charge in [-0.05, 0) is 24.6 Å². The van der Waals surface area contributed by atoms with Crippen molar-refractivity contribution in [2.45, 2.75) is 20.0 Å². The number of urea groups is 1. The summed E-state index contributed by atoms with van der Waals surface area (Å²) in [4.78, 5) is 13.8. The number of nitrogens with zero attached hydrogens (tertiary/aromatic N) is 1. The van der Waals surface area contributed by atoms with Crippen molar-refractivity contribution in [1.29, 1.82) is 0 Å². The van der Waals surface area contributed by atoms with E-state index in [1.807, 2.05) is 49.4 Å². The normalized spacial score (nSPS) is 10.2. The predicted molar refractivity (Wildman–Crippen MR) is 73.5 cm³/mol. The molecule has 4 nitrogen and oxygen atoms in total. The van der Waals surface area contributed by atoms with E-state index in [2.05, 4.69) is 5.32 Å². The van der Waals surface area contributed by atoms with Crippen LogP contribution in [0, 0.1) is 0 Å². The van der Waals surface area contributed by atoms with Gasteiger partial charge in [-0.15, -0.1) is 0 Å². The lowest BCUT2D eigenvalue weighted by Crippen LogP contribution is -2.38. The molecule has 0 saturated heterocycles. The van der Waals surface area contributed by atoms with Gasteiger partial charge in [0.25, 0.3) is 0 Å². The third-order valence-corrected chi connectivity index (χ3v) is 2.88. The Bertz CT molecular complexity index is 494. The molecule has 19 heavy (non-hydrogen) atoms. The van der Waals surface area contributed by atoms with Gasteiger partial charge in [0.05, 0.1) is 12.8 Å². The molecule has 0 atom stereocenters. The zero-order valence-corrected chi connectivity index (χ0v) is 11.0. The minimum absolute atomic E-state index is 0.0808. The molecule has 0 bridgehead atoms. The number of benzene rings is 1. The molecule has 2 rings (SSSR count). The highest BCUT2D eigenvalue weighted by Crippen LogP contribution is 2.05. The van der Waals surface area contributed by atoms with Crippen molar-refractivity contribution >= 4 is 6.03 Å². The van der Waals surface area contributed by atoms with Crippen LogP contribution in [0.5, 0.6) is 0 Å². The van der Waals surface area contributed by atoms with Crippen molar-refractivity contribution < 1.29 is 9.21 Å². The van der Waals surface area contributed by atoms with E-state index >= 15 is 0 Å². The molecule has 0 spiro atoms. The molecule has 0 fully saturated rings. The molecule has 1 aromatic heterocycles. The van der Waals surface area contributed by atoms with Crippen molar-refractivity contribution in [2.75, 3.05) is 6.54 Å². The van der Waals surface area contributed by atoms with Crippen LogP contribution in [0.3, 0.4) is 0 Å². The number of carbonyl (C=O) groups is 1. The molecule has 1 aromatic carbocycles. The van der Waals surface area contributed by atoms with E-state index in [0.717, 1.165) is 11.3 Å². The van der Waals surface area contributed by atoms with Gasteiger partial charge < -0.3 is 14.6 Å². The van der Waals surface area contributed by atoms with E-state index < -0.39 is 0 Å². The lowest BCUT2D eigenvalue weighted by Gasteiger charge is -2.21. The van der Waals surface area contributed by atoms with Gasteiger partial charge in [-0.2, -0.15) is 0 Å². The second-order valence-electron chi connectivity index (χ2n) is 4.24. The Hall–Kier alpha value is -2.23. The summed E-state index contributed by atoms with van der Waals surface area (Å²) in [6.45, 7) is 3.66. The van der Waals surface area contributed by atoms with Crippen molar-refractivity contribution in [1.82, 2.24) is 10.2 Å². The van der Waals surface area contributed by atoms with Crippen LogP contribution in [0.4, 0.5) is 4.79 Å². The van der Waals surface area contributed by atoms with E-state index in [4.69, 9.17) is 4.42 Å². The maximum atomic E-state index is 12.0. The molecule has 1 heterocycles. The van der Waals surface area contributed by atoms with Gasteiger partial charge in [-0.1, -0.05) is 30.3 Å². The van der Waals surface area contributed by atoms with Crippen LogP contribution in [0.2, 0.25) is 0 Å². The van der Waals surface area contributed by atoms with Gasteiger partial charge in [0.2, 0.25) is 0 Å². The zero-order chi connectivity index (χ0) is 13.5. The quantitative estimate of drug-likeness (QED) is 0.896. The number of hydrogen-bond donors (Lipinski definition) is 1. The number of nitrogens with one attached hydrogen (secondary N) is 1. The van der Waals surface area contributed by atoms with E-state index in [9.17, 15) is 4.79 Å². The first-order chi connectivity index (χ1) is 9.29. The molecular formula is C15H18N2O2. The smallest absolute Gasteiger partial charge is 0.318 e. The Balaban J connectivity index is 1.88. The second-order valence-corrected chi connectivity index (χ2v) is 4.24. The fourth-order valence-electron chi connectivity index (χ4n) is 1.82. The van der Waals surface area contributed by atoms with Crippen molar-refractivity contribution in [3.63, 3.8) is 0 Å². The summed E-state index contributed by atoms with van der Waals surface area (Å²) in [7, 11) is 0. The minimum atomic E-state index is -0.0808. The Morgan fingerprint density at radius 2 is 2.00 bits per heavy atom. The molecule has 0 radical (unpaired) electrons. The molecule has 0 saturated carbocycles. The van der Waals surface area contributed by atoms with Crippen LogP contribution in [0.15, 0.2) is 53.1 Å². The summed E-state index contributed by atoms with van der Waals surface area (Å²) in [5.74, 6) is 0.754. The highest BCUT2D eigenvalue weighted by molar-refractivity contribution is 5.74. The third kappa shape index (κ3) is 3.88. The summed E-state index contributed by atoms with van der Waals surface area (Å²) >= 11 is 0. The van der Waals surface area contributed by atoms with Crippen LogP contribution < -0.4 is 5.32 Å². The average molecular weight is 258 g/mol. The third-order valence-electron chi connectivity index (χ3n) is 2.88. The van der Waals surface area contributed by atoms with Crippen LogP contribution in [0.1, 0.15) is 18.2 Å². The topological polar surface area (TPSA) is 45.5 Å². The monoisotopic (exact) mass is 258 g/mol. The maximum Gasteiger partial charge on any atom is 0.318 e. The van der Waals surface area contributed by atoms with Gasteiger partial charge in [0.15, 0.2) is 0 Å². The average Bonchev–Trinajstić information content (AvgIpc) is 2.96. The van der Waals surface area contributed by atoms with Crippen LogP contribution in [-0.2, 0) is 13.1 Å². The van der Waals surface area contributed by atoms with Crippen molar-refractivity contribution in [2.24, 2.45) is 0 Å². The lowest BCUT2D eigenvalue weighted by molar-refractivity contribution is 0.196. The first kappa shape index (κ1) is 13.2. The van der Waals surface area contributed by atoms with E-state index in [1.165, 1.54) is 0 Å². The largest absolute Gasteiger partial charge is 0.467 e. The Morgan fingerprint density at radius 1 is 1.21 bits per heavy atom. The summed E-state index contributed by atoms with van der Waals surface area (Å²) in [5.41, 5.74) is 1.12. The van der Waals surface area contributed by atoms with Crippen LogP contribution in [-0.4, -0.2) is 17.5 Å². The van der Waals surface area contributed by atoms with Crippen molar-refractivity contribution in [3.05, 3.63) is 60.1 Å². The number of carbonyl (C=O) groups excluding carboxylic acids is 1. The molecule has 0 aliphatic heterocycles. The highest BCUT2D eigenvalue weighted by atomic mass is 16.3.